The Labute approximate surface area is 450 Å². The third kappa shape index (κ3) is 30.9. The number of unbranched alkanes of at least 4 members (excludes halogenated alkanes) is 16. The van der Waals surface area contributed by atoms with Crippen molar-refractivity contribution in [3.63, 3.8) is 0 Å². The molecule has 2 aromatic rings. The number of methoxy groups -OCH3 is 1. The molecule has 0 heterocycles. The maximum absolute atomic E-state index is 12.7. The fourth-order valence-corrected chi connectivity index (χ4v) is 8.00. The summed E-state index contributed by atoms with van der Waals surface area (Å²) in [7, 11) is 1.09. The number of nitro groups is 3. The summed E-state index contributed by atoms with van der Waals surface area (Å²) in [5, 5.41) is 35.1. The molecule has 0 bridgehead atoms. The quantitative estimate of drug-likeness (QED) is 0.0115. The lowest BCUT2D eigenvalue weighted by Gasteiger charge is -2.22. The topological polar surface area (TPSA) is 218 Å². The number of allylic oxidation sites excluding steroid dienone is 6. The van der Waals surface area contributed by atoms with Crippen LogP contribution in [0.2, 0.25) is 0 Å². The third-order valence-electron chi connectivity index (χ3n) is 12.3. The second kappa shape index (κ2) is 42.2. The Morgan fingerprint density at radius 1 is 0.434 bits per heavy atom. The highest BCUT2D eigenvalue weighted by Crippen LogP contribution is 2.14. The highest BCUT2D eigenvalue weighted by atomic mass is 16.6. The molecule has 0 fully saturated rings. The van der Waals surface area contributed by atoms with Crippen LogP contribution in [-0.4, -0.2) is 93.9 Å². The van der Waals surface area contributed by atoms with Crippen molar-refractivity contribution in [3.05, 3.63) is 174 Å². The van der Waals surface area contributed by atoms with Gasteiger partial charge in [0.2, 0.25) is 0 Å². The van der Waals surface area contributed by atoms with Gasteiger partial charge in [0.15, 0.2) is 0 Å². The van der Waals surface area contributed by atoms with E-state index in [2.05, 4.69) is 28.4 Å². The minimum Gasteiger partial charge on any atom is -0.461 e. The fraction of sp³-hybridized carbons (Fsp3) is 0.534. The summed E-state index contributed by atoms with van der Waals surface area (Å²) < 4.78 is 15.0. The molecular weight excluding hydrogens is 973 g/mol. The number of esters is 3. The van der Waals surface area contributed by atoms with Gasteiger partial charge in [-0.2, -0.15) is 0 Å². The van der Waals surface area contributed by atoms with E-state index in [0.717, 1.165) is 140 Å². The molecule has 0 N–H and O–H groups in total. The van der Waals surface area contributed by atoms with Crippen molar-refractivity contribution >= 4 is 17.9 Å². The van der Waals surface area contributed by atoms with Crippen molar-refractivity contribution in [2.75, 3.05) is 46.5 Å². The van der Waals surface area contributed by atoms with Crippen LogP contribution in [0.3, 0.4) is 0 Å². The van der Waals surface area contributed by atoms with Crippen molar-refractivity contribution in [2.45, 2.75) is 155 Å². The Balaban J connectivity index is 2.11. The van der Waals surface area contributed by atoms with Crippen molar-refractivity contribution < 1.29 is 43.4 Å². The van der Waals surface area contributed by atoms with Crippen molar-refractivity contribution in [1.29, 1.82) is 0 Å². The van der Waals surface area contributed by atoms with Gasteiger partial charge in [-0.05, 0) is 86.5 Å². The second-order valence-corrected chi connectivity index (χ2v) is 18.5. The molecule has 0 aliphatic rings. The number of nitrogens with zero attached hydrogens (tertiary/aromatic N) is 6. The molecular formula is C58H84N6O12. The first-order valence-electron chi connectivity index (χ1n) is 27.2. The summed E-state index contributed by atoms with van der Waals surface area (Å²) >= 11 is 0. The molecule has 0 aromatic heterocycles. The van der Waals surface area contributed by atoms with Gasteiger partial charge in [-0.25, -0.2) is 14.4 Å². The summed E-state index contributed by atoms with van der Waals surface area (Å²) in [5.74, 6) is -2.94. The summed E-state index contributed by atoms with van der Waals surface area (Å²) in [5.41, 5.74) is 0.200. The monoisotopic (exact) mass is 1060 g/mol. The average molecular weight is 1060 g/mol. The Bertz CT molecular complexity index is 2180. The van der Waals surface area contributed by atoms with E-state index in [1.807, 2.05) is 65.6 Å². The van der Waals surface area contributed by atoms with E-state index in [4.69, 9.17) is 9.47 Å². The van der Waals surface area contributed by atoms with Crippen LogP contribution in [0.5, 0.6) is 0 Å². The normalized spacial score (nSPS) is 12.1. The van der Waals surface area contributed by atoms with Gasteiger partial charge in [0, 0.05) is 57.5 Å². The highest BCUT2D eigenvalue weighted by Gasteiger charge is 2.24. The molecule has 2 rings (SSSR count). The lowest BCUT2D eigenvalue weighted by Crippen LogP contribution is -2.21. The van der Waals surface area contributed by atoms with Crippen molar-refractivity contribution in [3.8, 4) is 0 Å². The minimum absolute atomic E-state index is 0.122. The van der Waals surface area contributed by atoms with E-state index < -0.39 is 49.8 Å². The smallest absolute Gasteiger partial charge is 0.409 e. The Morgan fingerprint density at radius 2 is 0.737 bits per heavy atom. The number of ether oxygens (including phenoxy) is 3. The molecule has 18 heteroatoms. The maximum Gasteiger partial charge on any atom is 0.409 e. The largest absolute Gasteiger partial charge is 0.461 e. The van der Waals surface area contributed by atoms with Gasteiger partial charge in [0.05, 0.1) is 35.1 Å². The first-order chi connectivity index (χ1) is 36.9. The number of rotatable bonds is 44. The second-order valence-electron chi connectivity index (χ2n) is 18.5. The summed E-state index contributed by atoms with van der Waals surface area (Å²) in [6.07, 6.45) is 32.0. The first-order valence-corrected chi connectivity index (χ1v) is 27.2. The van der Waals surface area contributed by atoms with Crippen LogP contribution >= 0.6 is 0 Å². The molecule has 0 amide bonds. The molecule has 0 saturated carbocycles. The standard InChI is InChI=1S/C58H84N6O12/c1-4-6-8-10-16-28-47-75-57(66)54(63(70)71)38-30-44-59(40-24-12-14-26-42-60(49-51-33-20-18-21-34-51)45-31-37-53(62(68)69)56(65)74-3)41-25-13-15-27-43-61(50-52-35-22-19-23-36-52)46-32-39-55(64(72)73)58(67)76-48-29-17-11-9-7-5-2/h18-23,30-39,44-46H,4-17,24-29,40-43,47-50H2,1-3H3/b44-30+,45-31+,46-32+,53-37-,54-38-,55-39-. The van der Waals surface area contributed by atoms with E-state index in [1.165, 1.54) is 30.4 Å². The van der Waals surface area contributed by atoms with Gasteiger partial charge < -0.3 is 28.9 Å². The summed E-state index contributed by atoms with van der Waals surface area (Å²) in [4.78, 5) is 76.3. The third-order valence-corrected chi connectivity index (χ3v) is 12.3. The number of hydrogen-bond acceptors (Lipinski definition) is 15. The Morgan fingerprint density at radius 3 is 1.08 bits per heavy atom. The molecule has 418 valence electrons. The van der Waals surface area contributed by atoms with E-state index in [9.17, 15) is 44.7 Å². The lowest BCUT2D eigenvalue weighted by molar-refractivity contribution is -0.421. The lowest BCUT2D eigenvalue weighted by atomic mass is 10.1. The SMILES string of the molecule is CCCCCCCCOC(=O)/C(=C/C=C/N(CCCCCCN(/C=C/C=C(/C(=O)OC)[N+](=O)[O-])Cc1ccccc1)CCCCCCN(/C=C/C=C(/C(=O)OCCCCCCCC)[N+](=O)[O-])Cc1ccccc1)[N+](=O)[O-]. The van der Waals surface area contributed by atoms with E-state index in [-0.39, 0.29) is 13.2 Å². The van der Waals surface area contributed by atoms with E-state index in [1.54, 1.807) is 18.6 Å². The molecule has 0 radical (unpaired) electrons. The zero-order valence-electron chi connectivity index (χ0n) is 45.4. The van der Waals surface area contributed by atoms with Crippen LogP contribution in [0.1, 0.15) is 153 Å². The van der Waals surface area contributed by atoms with Gasteiger partial charge in [0.1, 0.15) is 0 Å². The number of hydrogen-bond donors (Lipinski definition) is 0. The molecule has 0 unspecified atom stereocenters. The zero-order valence-corrected chi connectivity index (χ0v) is 45.4. The van der Waals surface area contributed by atoms with E-state index >= 15 is 0 Å². The molecule has 76 heavy (non-hydrogen) atoms. The average Bonchev–Trinajstić information content (AvgIpc) is 3.40. The van der Waals surface area contributed by atoms with Gasteiger partial charge >= 0.3 is 35.0 Å². The van der Waals surface area contributed by atoms with Crippen molar-refractivity contribution in [2.24, 2.45) is 0 Å². The van der Waals surface area contributed by atoms with Crippen LogP contribution in [0.15, 0.2) is 133 Å². The molecule has 0 saturated heterocycles. The fourth-order valence-electron chi connectivity index (χ4n) is 8.00. The number of carbonyl (C=O) groups is 3. The first kappa shape index (κ1) is 65.0. The highest BCUT2D eigenvalue weighted by molar-refractivity contribution is 5.86. The predicted octanol–water partition coefficient (Wildman–Crippen LogP) is 12.4. The van der Waals surface area contributed by atoms with Gasteiger partial charge in [0.25, 0.3) is 0 Å². The summed E-state index contributed by atoms with van der Waals surface area (Å²) in [6.45, 7) is 8.30. The van der Waals surface area contributed by atoms with Crippen LogP contribution in [0.4, 0.5) is 0 Å². The van der Waals surface area contributed by atoms with Crippen LogP contribution in [0, 0.1) is 30.3 Å². The zero-order chi connectivity index (χ0) is 55.4. The maximum atomic E-state index is 12.7. The van der Waals surface area contributed by atoms with Gasteiger partial charge in [-0.15, -0.1) is 0 Å². The van der Waals surface area contributed by atoms with Gasteiger partial charge in [-0.3, -0.25) is 30.3 Å². The molecule has 2 aromatic carbocycles. The molecule has 18 nitrogen and oxygen atoms in total. The van der Waals surface area contributed by atoms with Gasteiger partial charge in [-0.1, -0.05) is 164 Å². The number of benzene rings is 2. The number of carbonyl (C=O) groups excluding carboxylic acids is 3. The molecule has 0 spiro atoms. The molecule has 0 aliphatic carbocycles. The molecule has 0 atom stereocenters. The Kier molecular flexibility index (Phi) is 36.1. The van der Waals surface area contributed by atoms with Crippen LogP contribution in [0.25, 0.3) is 0 Å². The van der Waals surface area contributed by atoms with Crippen LogP contribution in [-0.2, 0) is 41.7 Å². The molecule has 0 aliphatic heterocycles. The van der Waals surface area contributed by atoms with E-state index in [0.29, 0.717) is 52.1 Å². The predicted molar refractivity (Wildman–Crippen MR) is 296 cm³/mol. The van der Waals surface area contributed by atoms with Crippen molar-refractivity contribution in [1.82, 2.24) is 14.7 Å². The minimum atomic E-state index is -1.03. The van der Waals surface area contributed by atoms with Crippen LogP contribution < -0.4 is 0 Å². The Hall–Kier alpha value is -7.11. The summed E-state index contributed by atoms with van der Waals surface area (Å²) in [6, 6.07) is 19.7.